The van der Waals surface area contributed by atoms with Gasteiger partial charge in [0.05, 0.1) is 5.69 Å². The SMILES string of the molecule is Cn1ccc(CN2CCCN(CCCN)CC2)n1. The Kier molecular flexibility index (Phi) is 5.16. The fourth-order valence-corrected chi connectivity index (χ4v) is 2.50. The summed E-state index contributed by atoms with van der Waals surface area (Å²) in [5.74, 6) is 0. The van der Waals surface area contributed by atoms with Gasteiger partial charge in [-0.2, -0.15) is 5.10 Å². The number of aromatic nitrogens is 2. The number of rotatable bonds is 5. The molecule has 1 aromatic heterocycles. The van der Waals surface area contributed by atoms with Crippen molar-refractivity contribution in [3.05, 3.63) is 18.0 Å². The lowest BCUT2D eigenvalue weighted by Gasteiger charge is -2.20. The van der Waals surface area contributed by atoms with E-state index in [9.17, 15) is 0 Å². The predicted molar refractivity (Wildman–Crippen MR) is 73.2 cm³/mol. The molecule has 0 bridgehead atoms. The molecule has 5 nitrogen and oxygen atoms in total. The zero-order valence-electron chi connectivity index (χ0n) is 11.4. The maximum Gasteiger partial charge on any atom is 0.0764 e. The van der Waals surface area contributed by atoms with Crippen LogP contribution in [-0.4, -0.2) is 58.8 Å². The number of hydrogen-bond donors (Lipinski definition) is 1. The zero-order valence-corrected chi connectivity index (χ0v) is 11.4. The largest absolute Gasteiger partial charge is 0.330 e. The van der Waals surface area contributed by atoms with Crippen molar-refractivity contribution in [2.75, 3.05) is 39.3 Å². The number of hydrogen-bond acceptors (Lipinski definition) is 4. The second-order valence-electron chi connectivity index (χ2n) is 5.09. The summed E-state index contributed by atoms with van der Waals surface area (Å²) >= 11 is 0. The van der Waals surface area contributed by atoms with E-state index in [4.69, 9.17) is 5.73 Å². The number of aryl methyl sites for hydroxylation is 1. The summed E-state index contributed by atoms with van der Waals surface area (Å²) in [5.41, 5.74) is 6.74. The Morgan fingerprint density at radius 2 is 2.00 bits per heavy atom. The third-order valence-electron chi connectivity index (χ3n) is 3.51. The highest BCUT2D eigenvalue weighted by Crippen LogP contribution is 2.07. The Labute approximate surface area is 110 Å². The summed E-state index contributed by atoms with van der Waals surface area (Å²) in [6.45, 7) is 7.61. The molecule has 18 heavy (non-hydrogen) atoms. The first-order valence-corrected chi connectivity index (χ1v) is 6.91. The molecule has 1 aliphatic heterocycles. The second kappa shape index (κ2) is 6.87. The Balaban J connectivity index is 1.78. The van der Waals surface area contributed by atoms with Crippen LogP contribution in [0, 0.1) is 0 Å². The van der Waals surface area contributed by atoms with Gasteiger partial charge in [0.1, 0.15) is 0 Å². The highest BCUT2D eigenvalue weighted by atomic mass is 15.3. The van der Waals surface area contributed by atoms with Gasteiger partial charge in [-0.15, -0.1) is 0 Å². The average molecular weight is 251 g/mol. The molecule has 0 aliphatic carbocycles. The minimum atomic E-state index is 0.800. The van der Waals surface area contributed by atoms with E-state index in [-0.39, 0.29) is 0 Å². The maximum atomic E-state index is 5.57. The minimum Gasteiger partial charge on any atom is -0.330 e. The molecule has 2 N–H and O–H groups in total. The first-order valence-electron chi connectivity index (χ1n) is 6.91. The van der Waals surface area contributed by atoms with Gasteiger partial charge in [0.25, 0.3) is 0 Å². The first-order chi connectivity index (χ1) is 8.78. The van der Waals surface area contributed by atoms with Crippen LogP contribution in [0.1, 0.15) is 18.5 Å². The Morgan fingerprint density at radius 3 is 2.72 bits per heavy atom. The highest BCUT2D eigenvalue weighted by molar-refractivity contribution is 4.98. The van der Waals surface area contributed by atoms with Gasteiger partial charge >= 0.3 is 0 Å². The van der Waals surface area contributed by atoms with Gasteiger partial charge in [-0.05, 0) is 45.1 Å². The van der Waals surface area contributed by atoms with Gasteiger partial charge in [-0.3, -0.25) is 9.58 Å². The normalized spacial score (nSPS) is 19.0. The van der Waals surface area contributed by atoms with Gasteiger partial charge in [-0.25, -0.2) is 0 Å². The van der Waals surface area contributed by atoms with E-state index in [0.717, 1.165) is 39.1 Å². The van der Waals surface area contributed by atoms with E-state index in [1.807, 2.05) is 17.9 Å². The molecule has 0 spiro atoms. The van der Waals surface area contributed by atoms with Gasteiger partial charge in [0, 0.05) is 32.9 Å². The molecule has 2 heterocycles. The van der Waals surface area contributed by atoms with Crippen molar-refractivity contribution in [2.24, 2.45) is 12.8 Å². The van der Waals surface area contributed by atoms with Crippen molar-refractivity contribution in [1.29, 1.82) is 0 Å². The monoisotopic (exact) mass is 251 g/mol. The van der Waals surface area contributed by atoms with Gasteiger partial charge < -0.3 is 10.6 Å². The van der Waals surface area contributed by atoms with E-state index < -0.39 is 0 Å². The van der Waals surface area contributed by atoms with Gasteiger partial charge in [-0.1, -0.05) is 0 Å². The van der Waals surface area contributed by atoms with Crippen LogP contribution >= 0.6 is 0 Å². The minimum absolute atomic E-state index is 0.800. The van der Waals surface area contributed by atoms with Crippen LogP contribution in [0.2, 0.25) is 0 Å². The Bertz CT molecular complexity index is 349. The molecule has 1 aromatic rings. The van der Waals surface area contributed by atoms with E-state index in [1.165, 1.54) is 25.2 Å². The quantitative estimate of drug-likeness (QED) is 0.816. The molecule has 0 aromatic carbocycles. The molecule has 0 amide bonds. The van der Waals surface area contributed by atoms with Gasteiger partial charge in [0.2, 0.25) is 0 Å². The molecule has 1 saturated heterocycles. The fraction of sp³-hybridized carbons (Fsp3) is 0.769. The van der Waals surface area contributed by atoms with Crippen molar-refractivity contribution in [3.8, 4) is 0 Å². The number of nitrogens with zero attached hydrogens (tertiary/aromatic N) is 4. The molecular formula is C13H25N5. The Hall–Kier alpha value is -0.910. The summed E-state index contributed by atoms with van der Waals surface area (Å²) < 4.78 is 1.88. The predicted octanol–water partition coefficient (Wildman–Crippen LogP) is 0.277. The molecule has 5 heteroatoms. The molecule has 1 aliphatic rings. The van der Waals surface area contributed by atoms with Crippen LogP contribution < -0.4 is 5.73 Å². The summed E-state index contributed by atoms with van der Waals surface area (Å²) in [5, 5.41) is 4.45. The topological polar surface area (TPSA) is 50.3 Å². The van der Waals surface area contributed by atoms with E-state index in [1.54, 1.807) is 0 Å². The molecule has 0 unspecified atom stereocenters. The van der Waals surface area contributed by atoms with E-state index in [2.05, 4.69) is 21.0 Å². The summed E-state index contributed by atoms with van der Waals surface area (Å²) in [6.07, 6.45) is 4.37. The smallest absolute Gasteiger partial charge is 0.0764 e. The molecular weight excluding hydrogens is 226 g/mol. The van der Waals surface area contributed by atoms with Crippen molar-refractivity contribution < 1.29 is 0 Å². The van der Waals surface area contributed by atoms with Crippen LogP contribution in [0.3, 0.4) is 0 Å². The van der Waals surface area contributed by atoms with Crippen LogP contribution in [-0.2, 0) is 13.6 Å². The highest BCUT2D eigenvalue weighted by Gasteiger charge is 2.15. The van der Waals surface area contributed by atoms with Crippen molar-refractivity contribution in [2.45, 2.75) is 19.4 Å². The third kappa shape index (κ3) is 4.08. The average Bonchev–Trinajstić information content (AvgIpc) is 2.63. The van der Waals surface area contributed by atoms with E-state index in [0.29, 0.717) is 0 Å². The van der Waals surface area contributed by atoms with Crippen LogP contribution in [0.5, 0.6) is 0 Å². The second-order valence-corrected chi connectivity index (χ2v) is 5.09. The maximum absolute atomic E-state index is 5.57. The molecule has 0 atom stereocenters. The van der Waals surface area contributed by atoms with E-state index >= 15 is 0 Å². The molecule has 2 rings (SSSR count). The Morgan fingerprint density at radius 1 is 1.22 bits per heavy atom. The summed E-state index contributed by atoms with van der Waals surface area (Å²) in [7, 11) is 1.97. The molecule has 102 valence electrons. The van der Waals surface area contributed by atoms with Crippen LogP contribution in [0.4, 0.5) is 0 Å². The molecule has 1 fully saturated rings. The lowest BCUT2D eigenvalue weighted by Crippen LogP contribution is -2.32. The number of nitrogens with two attached hydrogens (primary N) is 1. The van der Waals surface area contributed by atoms with Crippen LogP contribution in [0.25, 0.3) is 0 Å². The summed E-state index contributed by atoms with van der Waals surface area (Å²) in [4.78, 5) is 5.04. The zero-order chi connectivity index (χ0) is 12.8. The lowest BCUT2D eigenvalue weighted by molar-refractivity contribution is 0.248. The van der Waals surface area contributed by atoms with Crippen molar-refractivity contribution in [1.82, 2.24) is 19.6 Å². The molecule has 0 saturated carbocycles. The van der Waals surface area contributed by atoms with Crippen molar-refractivity contribution >= 4 is 0 Å². The van der Waals surface area contributed by atoms with Crippen molar-refractivity contribution in [3.63, 3.8) is 0 Å². The van der Waals surface area contributed by atoms with Gasteiger partial charge in [0.15, 0.2) is 0 Å². The third-order valence-corrected chi connectivity index (χ3v) is 3.51. The first kappa shape index (κ1) is 13.5. The summed E-state index contributed by atoms with van der Waals surface area (Å²) in [6, 6.07) is 2.11. The van der Waals surface area contributed by atoms with Crippen LogP contribution in [0.15, 0.2) is 12.3 Å². The lowest BCUT2D eigenvalue weighted by atomic mass is 10.3. The fourth-order valence-electron chi connectivity index (χ4n) is 2.50. The standard InChI is InChI=1S/C13H25N5/c1-16-9-4-13(15-16)12-18-8-3-7-17(10-11-18)6-2-5-14/h4,9H,2-3,5-8,10-12,14H2,1H3. The molecule has 0 radical (unpaired) electrons.